The first-order chi connectivity index (χ1) is 10.7. The van der Waals surface area contributed by atoms with E-state index in [1.165, 1.54) is 0 Å². The molecular weight excluding hydrogens is 280 g/mol. The number of pyridine rings is 1. The molecule has 0 amide bonds. The molecule has 4 rings (SSSR count). The van der Waals surface area contributed by atoms with Crippen molar-refractivity contribution < 1.29 is 4.42 Å². The Morgan fingerprint density at radius 3 is 2.86 bits per heavy atom. The van der Waals surface area contributed by atoms with E-state index < -0.39 is 0 Å². The summed E-state index contributed by atoms with van der Waals surface area (Å²) in [5.74, 6) is 2.30. The summed E-state index contributed by atoms with van der Waals surface area (Å²) < 4.78 is 7.52. The molecule has 0 aliphatic heterocycles. The van der Waals surface area contributed by atoms with Crippen LogP contribution in [-0.4, -0.2) is 24.7 Å². The lowest BCUT2D eigenvalue weighted by molar-refractivity contribution is 0.621. The number of aryl methyl sites for hydroxylation is 1. The summed E-state index contributed by atoms with van der Waals surface area (Å²) >= 11 is 0. The first-order valence-electron chi connectivity index (χ1n) is 6.71. The van der Waals surface area contributed by atoms with Gasteiger partial charge in [-0.25, -0.2) is 14.6 Å². The Hall–Kier alpha value is -3.22. The van der Waals surface area contributed by atoms with Gasteiger partial charge in [-0.05, 0) is 19.1 Å². The van der Waals surface area contributed by atoms with Gasteiger partial charge in [-0.1, -0.05) is 0 Å². The second-order valence-electron chi connectivity index (χ2n) is 4.85. The summed E-state index contributed by atoms with van der Waals surface area (Å²) in [6.07, 6.45) is 5.19. The zero-order chi connectivity index (χ0) is 15.1. The third kappa shape index (κ3) is 1.99. The van der Waals surface area contributed by atoms with E-state index in [0.717, 1.165) is 11.1 Å². The average molecular weight is 292 g/mol. The summed E-state index contributed by atoms with van der Waals surface area (Å²) in [4.78, 5) is 12.9. The van der Waals surface area contributed by atoms with Gasteiger partial charge in [0.15, 0.2) is 5.58 Å². The van der Waals surface area contributed by atoms with E-state index in [2.05, 4.69) is 20.1 Å². The highest BCUT2D eigenvalue weighted by Crippen LogP contribution is 2.29. The lowest BCUT2D eigenvalue weighted by Crippen LogP contribution is -2.02. The van der Waals surface area contributed by atoms with E-state index in [1.807, 2.05) is 25.1 Å². The van der Waals surface area contributed by atoms with Crippen LogP contribution < -0.4 is 5.73 Å². The Labute approximate surface area is 125 Å². The number of rotatable bonds is 2. The SMILES string of the molecule is Cc1nc(-n2ccc(N)n2)c2oc(-c3cccnc3)cc2n1. The number of furan rings is 1. The number of anilines is 1. The van der Waals surface area contributed by atoms with E-state index in [-0.39, 0.29) is 0 Å². The summed E-state index contributed by atoms with van der Waals surface area (Å²) in [7, 11) is 0. The molecule has 2 N–H and O–H groups in total. The maximum atomic E-state index is 5.94. The molecule has 0 radical (unpaired) electrons. The predicted molar refractivity (Wildman–Crippen MR) is 81.3 cm³/mol. The minimum absolute atomic E-state index is 0.420. The van der Waals surface area contributed by atoms with Crippen LogP contribution in [-0.2, 0) is 0 Å². The molecule has 0 fully saturated rings. The van der Waals surface area contributed by atoms with Crippen LogP contribution >= 0.6 is 0 Å². The number of nitrogens with zero attached hydrogens (tertiary/aromatic N) is 5. The number of aromatic nitrogens is 5. The number of nitrogens with two attached hydrogens (primary N) is 1. The fraction of sp³-hybridized carbons (Fsp3) is 0.0667. The number of hydrogen-bond donors (Lipinski definition) is 1. The van der Waals surface area contributed by atoms with E-state index in [4.69, 9.17) is 10.2 Å². The first kappa shape index (κ1) is 12.5. The van der Waals surface area contributed by atoms with Crippen molar-refractivity contribution in [3.05, 3.63) is 48.7 Å². The summed E-state index contributed by atoms with van der Waals surface area (Å²) in [5.41, 5.74) is 7.84. The summed E-state index contributed by atoms with van der Waals surface area (Å²) in [6.45, 7) is 1.83. The van der Waals surface area contributed by atoms with Crippen LogP contribution in [0.4, 0.5) is 5.82 Å². The zero-order valence-electron chi connectivity index (χ0n) is 11.8. The molecular formula is C15H12N6O. The van der Waals surface area contributed by atoms with Crippen LogP contribution in [0.15, 0.2) is 47.3 Å². The van der Waals surface area contributed by atoms with Crippen LogP contribution in [0.25, 0.3) is 28.2 Å². The molecule has 4 aromatic heterocycles. The van der Waals surface area contributed by atoms with Crippen LogP contribution in [0.1, 0.15) is 5.82 Å². The number of nitrogen functional groups attached to an aromatic ring is 1. The van der Waals surface area contributed by atoms with Crippen LogP contribution in [0.5, 0.6) is 0 Å². The third-order valence-corrected chi connectivity index (χ3v) is 3.24. The molecule has 0 atom stereocenters. The van der Waals surface area contributed by atoms with Crippen molar-refractivity contribution in [2.24, 2.45) is 0 Å². The maximum Gasteiger partial charge on any atom is 0.201 e. The average Bonchev–Trinajstić information content (AvgIpc) is 3.13. The molecule has 0 aromatic carbocycles. The molecule has 0 aliphatic rings. The molecule has 108 valence electrons. The van der Waals surface area contributed by atoms with Crippen molar-refractivity contribution in [2.45, 2.75) is 6.92 Å². The fourth-order valence-electron chi connectivity index (χ4n) is 2.29. The molecule has 0 saturated heterocycles. The topological polar surface area (TPSA) is 95.7 Å². The molecule has 0 bridgehead atoms. The van der Waals surface area contributed by atoms with Gasteiger partial charge in [0.1, 0.15) is 22.9 Å². The van der Waals surface area contributed by atoms with E-state index in [1.54, 1.807) is 29.3 Å². The molecule has 4 heterocycles. The Morgan fingerprint density at radius 2 is 2.14 bits per heavy atom. The number of fused-ring (bicyclic) bond motifs is 1. The molecule has 0 saturated carbocycles. The van der Waals surface area contributed by atoms with Crippen molar-refractivity contribution in [1.82, 2.24) is 24.7 Å². The maximum absolute atomic E-state index is 5.94. The molecule has 0 aliphatic carbocycles. The third-order valence-electron chi connectivity index (χ3n) is 3.24. The molecule has 7 heteroatoms. The van der Waals surface area contributed by atoms with Crippen LogP contribution in [0.2, 0.25) is 0 Å². The summed E-state index contributed by atoms with van der Waals surface area (Å²) in [5, 5.41) is 4.19. The lowest BCUT2D eigenvalue weighted by atomic mass is 10.2. The second kappa shape index (κ2) is 4.66. The second-order valence-corrected chi connectivity index (χ2v) is 4.85. The van der Waals surface area contributed by atoms with Gasteiger partial charge in [-0.15, -0.1) is 5.10 Å². The van der Waals surface area contributed by atoms with E-state index in [9.17, 15) is 0 Å². The minimum atomic E-state index is 0.420. The Bertz CT molecular complexity index is 957. The Morgan fingerprint density at radius 1 is 1.23 bits per heavy atom. The molecule has 0 spiro atoms. The Balaban J connectivity index is 1.96. The van der Waals surface area contributed by atoms with Gasteiger partial charge >= 0.3 is 0 Å². The van der Waals surface area contributed by atoms with Crippen molar-refractivity contribution >= 4 is 16.9 Å². The van der Waals surface area contributed by atoms with Gasteiger partial charge < -0.3 is 10.2 Å². The van der Waals surface area contributed by atoms with Crippen molar-refractivity contribution in [3.63, 3.8) is 0 Å². The largest absolute Gasteiger partial charge is 0.450 e. The van der Waals surface area contributed by atoms with Gasteiger partial charge in [0.05, 0.1) is 0 Å². The van der Waals surface area contributed by atoms with E-state index >= 15 is 0 Å². The normalized spacial score (nSPS) is 11.1. The van der Waals surface area contributed by atoms with Gasteiger partial charge in [0.2, 0.25) is 5.82 Å². The van der Waals surface area contributed by atoms with E-state index in [0.29, 0.717) is 28.8 Å². The van der Waals surface area contributed by atoms with Gasteiger partial charge in [0.25, 0.3) is 0 Å². The van der Waals surface area contributed by atoms with Crippen molar-refractivity contribution in [1.29, 1.82) is 0 Å². The van der Waals surface area contributed by atoms with Crippen molar-refractivity contribution in [2.75, 3.05) is 5.73 Å². The van der Waals surface area contributed by atoms with Gasteiger partial charge in [0, 0.05) is 36.3 Å². The highest BCUT2D eigenvalue weighted by atomic mass is 16.3. The molecule has 7 nitrogen and oxygen atoms in total. The standard InChI is InChI=1S/C15H12N6O/c1-9-18-11-7-12(10-3-2-5-17-8-10)22-14(11)15(19-9)21-6-4-13(16)20-21/h2-8H,1H3,(H2,16,20). The van der Waals surface area contributed by atoms with Crippen LogP contribution in [0.3, 0.4) is 0 Å². The zero-order valence-corrected chi connectivity index (χ0v) is 11.8. The smallest absolute Gasteiger partial charge is 0.201 e. The van der Waals surface area contributed by atoms with Gasteiger partial charge in [-0.2, -0.15) is 0 Å². The molecule has 0 unspecified atom stereocenters. The van der Waals surface area contributed by atoms with Crippen molar-refractivity contribution in [3.8, 4) is 17.1 Å². The number of hydrogen-bond acceptors (Lipinski definition) is 6. The monoisotopic (exact) mass is 292 g/mol. The predicted octanol–water partition coefficient (Wildman–Crippen LogP) is 2.36. The summed E-state index contributed by atoms with van der Waals surface area (Å²) in [6, 6.07) is 7.36. The molecule has 4 aromatic rings. The van der Waals surface area contributed by atoms with Gasteiger partial charge in [-0.3, -0.25) is 4.98 Å². The first-order valence-corrected chi connectivity index (χ1v) is 6.71. The highest BCUT2D eigenvalue weighted by molar-refractivity contribution is 5.84. The quantitative estimate of drug-likeness (QED) is 0.609. The lowest BCUT2D eigenvalue weighted by Gasteiger charge is -2.02. The minimum Gasteiger partial charge on any atom is -0.450 e. The Kier molecular flexibility index (Phi) is 2.65. The molecule has 22 heavy (non-hydrogen) atoms. The highest BCUT2D eigenvalue weighted by Gasteiger charge is 2.15. The van der Waals surface area contributed by atoms with Crippen LogP contribution in [0, 0.1) is 6.92 Å². The fourth-order valence-corrected chi connectivity index (χ4v) is 2.29.